The maximum absolute atomic E-state index is 12.5. The molecule has 48 heavy (non-hydrogen) atoms. The number of rotatable bonds is 31. The first-order valence-electron chi connectivity index (χ1n) is 17.9. The van der Waals surface area contributed by atoms with Gasteiger partial charge >= 0.3 is 19.8 Å². The number of carbonyl (C=O) groups excluding carboxylic acids is 2. The Labute approximate surface area is 291 Å². The summed E-state index contributed by atoms with van der Waals surface area (Å²) in [5.41, 5.74) is 0. The lowest BCUT2D eigenvalue weighted by molar-refractivity contribution is -0.161. The number of carbonyl (C=O) groups is 2. The van der Waals surface area contributed by atoms with Gasteiger partial charge < -0.3 is 14.4 Å². The van der Waals surface area contributed by atoms with Gasteiger partial charge in [0.2, 0.25) is 0 Å². The third-order valence-corrected chi connectivity index (χ3v) is 7.76. The second-order valence-corrected chi connectivity index (χ2v) is 12.6. The molecule has 0 aliphatic rings. The molecule has 0 fully saturated rings. The molecule has 0 saturated carbocycles. The second kappa shape index (κ2) is 34.1. The van der Waals surface area contributed by atoms with Crippen LogP contribution in [0.4, 0.5) is 0 Å². The van der Waals surface area contributed by atoms with Gasteiger partial charge in [0.1, 0.15) is 6.61 Å². The second-order valence-electron chi connectivity index (χ2n) is 11.1. The first-order chi connectivity index (χ1) is 23.3. The summed E-state index contributed by atoms with van der Waals surface area (Å²) < 4.78 is 32.4. The van der Waals surface area contributed by atoms with Gasteiger partial charge in [-0.1, -0.05) is 105 Å². The molecule has 0 aromatic heterocycles. The molecule has 272 valence electrons. The topological polar surface area (TPSA) is 108 Å². The molecule has 2 unspecified atom stereocenters. The summed E-state index contributed by atoms with van der Waals surface area (Å²) in [6, 6.07) is 0. The molecule has 9 heteroatoms. The molecule has 0 saturated heterocycles. The van der Waals surface area contributed by atoms with E-state index in [0.717, 1.165) is 77.0 Å². The van der Waals surface area contributed by atoms with Crippen molar-refractivity contribution in [3.63, 3.8) is 0 Å². The van der Waals surface area contributed by atoms with E-state index in [-0.39, 0.29) is 26.1 Å². The van der Waals surface area contributed by atoms with Crippen LogP contribution in [0.25, 0.3) is 0 Å². The van der Waals surface area contributed by atoms with E-state index in [1.54, 1.807) is 6.92 Å². The van der Waals surface area contributed by atoms with Crippen molar-refractivity contribution in [2.45, 2.75) is 130 Å². The Kier molecular flexibility index (Phi) is 32.1. The van der Waals surface area contributed by atoms with Crippen molar-refractivity contribution in [3.8, 4) is 0 Å². The van der Waals surface area contributed by atoms with Gasteiger partial charge in [-0.25, -0.2) is 4.57 Å². The number of ether oxygens (including phenoxy) is 2. The molecule has 0 amide bonds. The number of hydrogen-bond acceptors (Lipinski definition) is 7. The SMILES string of the molecule is CC/C=C\C/C=C\C/C=C\C/C=C\CCCCC(=O)OC(COC(=O)CCCCC/C=C\C/C=C\C/C=C\CC)COP(=O)(O)OCC. The molecule has 2 atom stereocenters. The Morgan fingerprint density at radius 1 is 0.562 bits per heavy atom. The minimum Gasteiger partial charge on any atom is -0.462 e. The van der Waals surface area contributed by atoms with Crippen LogP contribution in [0.1, 0.15) is 124 Å². The molecule has 8 nitrogen and oxygen atoms in total. The maximum atomic E-state index is 12.5. The third-order valence-electron chi connectivity index (χ3n) is 6.70. The molecule has 0 spiro atoms. The van der Waals surface area contributed by atoms with E-state index >= 15 is 0 Å². The summed E-state index contributed by atoms with van der Waals surface area (Å²) in [6.07, 6.45) is 42.2. The number of hydrogen-bond donors (Lipinski definition) is 1. The first kappa shape index (κ1) is 45.2. The van der Waals surface area contributed by atoms with E-state index < -0.39 is 32.5 Å². The quantitative estimate of drug-likeness (QED) is 0.0331. The molecule has 0 bridgehead atoms. The van der Waals surface area contributed by atoms with Gasteiger partial charge in [-0.2, -0.15) is 0 Å². The van der Waals surface area contributed by atoms with Gasteiger partial charge in [0, 0.05) is 12.8 Å². The fraction of sp³-hybridized carbons (Fsp3) is 0.590. The van der Waals surface area contributed by atoms with Crippen LogP contribution in [0, 0.1) is 0 Å². The first-order valence-corrected chi connectivity index (χ1v) is 19.4. The Hall–Kier alpha value is -2.77. The van der Waals surface area contributed by atoms with Crippen LogP contribution in [-0.2, 0) is 32.7 Å². The van der Waals surface area contributed by atoms with Crippen molar-refractivity contribution in [2.75, 3.05) is 19.8 Å². The smallest absolute Gasteiger partial charge is 0.462 e. The summed E-state index contributed by atoms with van der Waals surface area (Å²) in [5.74, 6) is -0.894. The van der Waals surface area contributed by atoms with E-state index in [4.69, 9.17) is 18.5 Å². The summed E-state index contributed by atoms with van der Waals surface area (Å²) in [5, 5.41) is 0. The number of phosphoric acid groups is 1. The zero-order valence-corrected chi connectivity index (χ0v) is 30.7. The van der Waals surface area contributed by atoms with Crippen molar-refractivity contribution >= 4 is 19.8 Å². The van der Waals surface area contributed by atoms with E-state index in [0.29, 0.717) is 12.8 Å². The van der Waals surface area contributed by atoms with Gasteiger partial charge in [-0.05, 0) is 90.4 Å². The predicted octanol–water partition coefficient (Wildman–Crippen LogP) is 10.8. The molecule has 0 aromatic rings. The van der Waals surface area contributed by atoms with Gasteiger partial charge in [0.15, 0.2) is 6.10 Å². The fourth-order valence-corrected chi connectivity index (χ4v) is 4.92. The number of phosphoric ester groups is 1. The summed E-state index contributed by atoms with van der Waals surface area (Å²) in [7, 11) is -4.30. The number of allylic oxidation sites excluding steroid dienone is 14. The van der Waals surface area contributed by atoms with E-state index in [2.05, 4.69) is 98.9 Å². The molecular weight excluding hydrogens is 627 g/mol. The van der Waals surface area contributed by atoms with Crippen LogP contribution in [0.3, 0.4) is 0 Å². The van der Waals surface area contributed by atoms with Crippen molar-refractivity contribution in [1.82, 2.24) is 0 Å². The molecule has 0 rings (SSSR count). The fourth-order valence-electron chi connectivity index (χ4n) is 4.16. The molecular formula is C39H63O8P. The average molecular weight is 691 g/mol. The molecule has 0 radical (unpaired) electrons. The maximum Gasteiger partial charge on any atom is 0.472 e. The Morgan fingerprint density at radius 2 is 1.00 bits per heavy atom. The van der Waals surface area contributed by atoms with Gasteiger partial charge in [-0.3, -0.25) is 18.6 Å². The lowest BCUT2D eigenvalue weighted by Crippen LogP contribution is -2.29. The lowest BCUT2D eigenvalue weighted by Gasteiger charge is -2.19. The largest absolute Gasteiger partial charge is 0.472 e. The highest BCUT2D eigenvalue weighted by Crippen LogP contribution is 2.43. The van der Waals surface area contributed by atoms with Gasteiger partial charge in [0.25, 0.3) is 0 Å². The van der Waals surface area contributed by atoms with Crippen LogP contribution in [-0.4, -0.2) is 42.8 Å². The molecule has 0 aliphatic carbocycles. The molecule has 0 aliphatic heterocycles. The van der Waals surface area contributed by atoms with Crippen LogP contribution in [0.15, 0.2) is 85.1 Å². The molecule has 1 N–H and O–H groups in total. The van der Waals surface area contributed by atoms with Crippen molar-refractivity contribution < 1.29 is 37.6 Å². The Morgan fingerprint density at radius 3 is 1.50 bits per heavy atom. The molecule has 0 aromatic carbocycles. The molecule has 0 heterocycles. The van der Waals surface area contributed by atoms with Gasteiger partial charge in [-0.15, -0.1) is 0 Å². The highest BCUT2D eigenvalue weighted by Gasteiger charge is 2.25. The monoisotopic (exact) mass is 690 g/mol. The van der Waals surface area contributed by atoms with E-state index in [1.807, 2.05) is 0 Å². The van der Waals surface area contributed by atoms with E-state index in [1.165, 1.54) is 0 Å². The Bertz CT molecular complexity index is 1050. The summed E-state index contributed by atoms with van der Waals surface area (Å²) in [4.78, 5) is 34.5. The van der Waals surface area contributed by atoms with Crippen LogP contribution >= 0.6 is 7.82 Å². The normalized spacial score (nSPS) is 14.5. The highest BCUT2D eigenvalue weighted by atomic mass is 31.2. The minimum atomic E-state index is -4.30. The zero-order chi connectivity index (χ0) is 35.4. The highest BCUT2D eigenvalue weighted by molar-refractivity contribution is 7.47. The summed E-state index contributed by atoms with van der Waals surface area (Å²) >= 11 is 0. The van der Waals surface area contributed by atoms with Crippen LogP contribution in [0.2, 0.25) is 0 Å². The average Bonchev–Trinajstić information content (AvgIpc) is 3.06. The van der Waals surface area contributed by atoms with Crippen molar-refractivity contribution in [2.24, 2.45) is 0 Å². The van der Waals surface area contributed by atoms with Crippen molar-refractivity contribution in [3.05, 3.63) is 85.1 Å². The Balaban J connectivity index is 4.34. The zero-order valence-electron chi connectivity index (χ0n) is 29.8. The van der Waals surface area contributed by atoms with Crippen LogP contribution in [0.5, 0.6) is 0 Å². The minimum absolute atomic E-state index is 0.0176. The number of esters is 2. The van der Waals surface area contributed by atoms with Gasteiger partial charge in [0.05, 0.1) is 13.2 Å². The van der Waals surface area contributed by atoms with Crippen LogP contribution < -0.4 is 0 Å². The van der Waals surface area contributed by atoms with Crippen molar-refractivity contribution in [1.29, 1.82) is 0 Å². The number of unbranched alkanes of at least 4 members (excludes halogenated alkanes) is 5. The van der Waals surface area contributed by atoms with E-state index in [9.17, 15) is 19.0 Å². The lowest BCUT2D eigenvalue weighted by atomic mass is 10.1. The third kappa shape index (κ3) is 33.1. The summed E-state index contributed by atoms with van der Waals surface area (Å²) in [6.45, 7) is 5.11. The standard InChI is InChI=1S/C39H63O8P/c1-4-7-9-11-13-15-17-19-20-22-24-26-28-30-32-34-39(41)47-37(36-46-48(42,43)45-6-3)35-44-38(40)33-31-29-27-25-23-21-18-16-14-12-10-8-5-2/h7-10,13-16,19-21,23-24,26,37H,4-6,11-12,17-18,22,25,27-36H2,1-3H3,(H,42,43)/b9-7-,10-8-,15-13-,16-14-,20-19-,23-21-,26-24-. The predicted molar refractivity (Wildman–Crippen MR) is 197 cm³/mol.